The number of carbonyl (C=O) groups is 2. The van der Waals surface area contributed by atoms with Gasteiger partial charge < -0.3 is 9.42 Å². The number of likely N-dealkylation sites (tertiary alicyclic amines) is 1. The lowest BCUT2D eigenvalue weighted by Crippen LogP contribution is -2.50. The Labute approximate surface area is 183 Å². The molecule has 2 heterocycles. The van der Waals surface area contributed by atoms with Gasteiger partial charge in [0.15, 0.2) is 5.58 Å². The van der Waals surface area contributed by atoms with Gasteiger partial charge in [0.25, 0.3) is 5.91 Å². The Kier molecular flexibility index (Phi) is 5.18. The van der Waals surface area contributed by atoms with Crippen LogP contribution in [0.1, 0.15) is 34.8 Å². The average molecular weight is 432 g/mol. The summed E-state index contributed by atoms with van der Waals surface area (Å²) in [5.74, 6) is -0.615. The zero-order valence-corrected chi connectivity index (χ0v) is 17.2. The maximum absolute atomic E-state index is 13.4. The Morgan fingerprint density at radius 2 is 1.75 bits per heavy atom. The Hall–Kier alpha value is -3.94. The van der Waals surface area contributed by atoms with Crippen LogP contribution >= 0.6 is 0 Å². The summed E-state index contributed by atoms with van der Waals surface area (Å²) in [6.07, 6.45) is 1.40. The molecule has 1 saturated heterocycles. The van der Waals surface area contributed by atoms with Gasteiger partial charge in [-0.15, -0.1) is 0 Å². The van der Waals surface area contributed by atoms with E-state index in [2.05, 4.69) is 16.0 Å². The van der Waals surface area contributed by atoms with Crippen LogP contribution in [0.5, 0.6) is 0 Å². The van der Waals surface area contributed by atoms with Crippen molar-refractivity contribution < 1.29 is 18.5 Å². The fourth-order valence-electron chi connectivity index (χ4n) is 4.17. The van der Waals surface area contributed by atoms with Crippen LogP contribution in [0.3, 0.4) is 0 Å². The van der Waals surface area contributed by atoms with Crippen LogP contribution in [0, 0.1) is 5.82 Å². The third-order valence-corrected chi connectivity index (χ3v) is 5.93. The molecule has 1 fully saturated rings. The maximum Gasteiger partial charge on any atom is 0.336 e. The molecule has 1 aliphatic heterocycles. The van der Waals surface area contributed by atoms with Crippen molar-refractivity contribution in [3.8, 4) is 0 Å². The molecule has 4 aromatic rings. The lowest BCUT2D eigenvalue weighted by molar-refractivity contribution is 0.0927. The number of urea groups is 1. The molecule has 0 aliphatic carbocycles. The Morgan fingerprint density at radius 1 is 0.969 bits per heavy atom. The topological polar surface area (TPSA) is 87.5 Å². The van der Waals surface area contributed by atoms with E-state index in [-0.39, 0.29) is 23.7 Å². The number of rotatable bonds is 2. The van der Waals surface area contributed by atoms with Gasteiger partial charge in [-0.25, -0.2) is 14.6 Å². The molecule has 8 heteroatoms. The highest BCUT2D eigenvalue weighted by molar-refractivity contribution is 5.99. The molecule has 5 rings (SSSR count). The van der Waals surface area contributed by atoms with Gasteiger partial charge in [-0.05, 0) is 47.9 Å². The van der Waals surface area contributed by atoms with Gasteiger partial charge in [0.1, 0.15) is 5.82 Å². The summed E-state index contributed by atoms with van der Waals surface area (Å²) in [7, 11) is 0. The number of aromatic nitrogens is 1. The molecule has 0 radical (unpaired) electrons. The molecular weight excluding hydrogens is 411 g/mol. The number of hydrogen-bond acceptors (Lipinski definition) is 4. The highest BCUT2D eigenvalue weighted by Gasteiger charge is 2.27. The summed E-state index contributed by atoms with van der Waals surface area (Å²) < 4.78 is 18.6. The number of halogens is 1. The molecule has 0 unspecified atom stereocenters. The Balaban J connectivity index is 1.17. The van der Waals surface area contributed by atoms with Gasteiger partial charge in [-0.1, -0.05) is 35.5 Å². The molecular formula is C24H21FN4O3. The molecule has 0 saturated carbocycles. The molecule has 1 aromatic heterocycles. The van der Waals surface area contributed by atoms with Crippen molar-refractivity contribution in [3.05, 3.63) is 77.7 Å². The van der Waals surface area contributed by atoms with E-state index < -0.39 is 0 Å². The second-order valence-corrected chi connectivity index (χ2v) is 7.92. The largest absolute Gasteiger partial charge is 0.356 e. The zero-order valence-electron chi connectivity index (χ0n) is 17.2. The summed E-state index contributed by atoms with van der Waals surface area (Å²) in [6, 6.07) is 17.2. The predicted molar refractivity (Wildman–Crippen MR) is 117 cm³/mol. The van der Waals surface area contributed by atoms with E-state index in [1.165, 1.54) is 12.1 Å². The van der Waals surface area contributed by atoms with Gasteiger partial charge in [-0.2, -0.15) is 0 Å². The number of fused-ring (bicyclic) bond motifs is 2. The molecule has 0 atom stereocenters. The van der Waals surface area contributed by atoms with Crippen LogP contribution in [0.2, 0.25) is 0 Å². The number of benzene rings is 3. The number of hydrazine groups is 1. The fraction of sp³-hybridized carbons (Fsp3) is 0.208. The lowest BCUT2D eigenvalue weighted by atomic mass is 9.92. The van der Waals surface area contributed by atoms with Crippen molar-refractivity contribution in [3.63, 3.8) is 0 Å². The van der Waals surface area contributed by atoms with Crippen LogP contribution in [0.15, 0.2) is 65.2 Å². The van der Waals surface area contributed by atoms with E-state index in [4.69, 9.17) is 4.52 Å². The van der Waals surface area contributed by atoms with E-state index in [9.17, 15) is 14.0 Å². The summed E-state index contributed by atoms with van der Waals surface area (Å²) in [5, 5.41) is 6.93. The number of amides is 3. The standard InChI is InChI=1S/C24H21FN4O3/c25-19-7-8-20-21(14-19)32-28-22(20)16-9-11-29(12-10-16)24(31)27-26-23(30)18-6-5-15-3-1-2-4-17(15)13-18/h1-8,13-14,16H,9-12H2,(H,26,30)(H,27,31). The third-order valence-electron chi connectivity index (χ3n) is 5.93. The first kappa shape index (κ1) is 20.0. The molecule has 32 heavy (non-hydrogen) atoms. The van der Waals surface area contributed by atoms with Crippen molar-refractivity contribution in [1.29, 1.82) is 0 Å². The van der Waals surface area contributed by atoms with Gasteiger partial charge in [0.2, 0.25) is 0 Å². The summed E-state index contributed by atoms with van der Waals surface area (Å²) in [6.45, 7) is 1.02. The van der Waals surface area contributed by atoms with E-state index in [1.807, 2.05) is 30.3 Å². The minimum absolute atomic E-state index is 0.123. The molecule has 3 aromatic carbocycles. The van der Waals surface area contributed by atoms with E-state index in [0.717, 1.165) is 21.9 Å². The minimum Gasteiger partial charge on any atom is -0.356 e. The van der Waals surface area contributed by atoms with Crippen LogP contribution in [0.4, 0.5) is 9.18 Å². The van der Waals surface area contributed by atoms with Crippen molar-refractivity contribution in [2.45, 2.75) is 18.8 Å². The average Bonchev–Trinajstić information content (AvgIpc) is 3.25. The number of hydrogen-bond donors (Lipinski definition) is 2. The van der Waals surface area contributed by atoms with Gasteiger partial charge in [0.05, 0.1) is 5.69 Å². The van der Waals surface area contributed by atoms with E-state index in [1.54, 1.807) is 23.1 Å². The van der Waals surface area contributed by atoms with Crippen molar-refractivity contribution in [2.75, 3.05) is 13.1 Å². The maximum atomic E-state index is 13.4. The molecule has 0 bridgehead atoms. The Morgan fingerprint density at radius 3 is 2.56 bits per heavy atom. The predicted octanol–water partition coefficient (Wildman–Crippen LogP) is 4.35. The number of carbonyl (C=O) groups excluding carboxylic acids is 2. The second kappa shape index (κ2) is 8.30. The molecule has 2 N–H and O–H groups in total. The summed E-state index contributed by atoms with van der Waals surface area (Å²) >= 11 is 0. The normalized spacial score (nSPS) is 14.6. The number of piperidine rings is 1. The lowest BCUT2D eigenvalue weighted by Gasteiger charge is -2.31. The number of nitrogens with one attached hydrogen (secondary N) is 2. The highest BCUT2D eigenvalue weighted by Crippen LogP contribution is 2.32. The van der Waals surface area contributed by atoms with E-state index >= 15 is 0 Å². The van der Waals surface area contributed by atoms with Crippen molar-refractivity contribution in [2.24, 2.45) is 0 Å². The van der Waals surface area contributed by atoms with Crippen LogP contribution in [0.25, 0.3) is 21.7 Å². The van der Waals surface area contributed by atoms with Crippen LogP contribution in [-0.2, 0) is 0 Å². The summed E-state index contributed by atoms with van der Waals surface area (Å²) in [5.41, 5.74) is 6.67. The first-order valence-corrected chi connectivity index (χ1v) is 10.5. The van der Waals surface area contributed by atoms with Gasteiger partial charge in [-0.3, -0.25) is 10.2 Å². The van der Waals surface area contributed by atoms with Gasteiger partial charge in [0, 0.05) is 36.0 Å². The molecule has 3 amide bonds. The molecule has 0 spiro atoms. The molecule has 162 valence electrons. The minimum atomic E-state index is -0.375. The van der Waals surface area contributed by atoms with Crippen LogP contribution in [-0.4, -0.2) is 35.1 Å². The Bertz CT molecular complexity index is 1310. The highest BCUT2D eigenvalue weighted by atomic mass is 19.1. The van der Waals surface area contributed by atoms with Gasteiger partial charge >= 0.3 is 6.03 Å². The second-order valence-electron chi connectivity index (χ2n) is 7.92. The van der Waals surface area contributed by atoms with Crippen LogP contribution < -0.4 is 10.9 Å². The SMILES string of the molecule is O=C(NNC(=O)N1CCC(c2noc3cc(F)ccc23)CC1)c1ccc2ccccc2c1. The monoisotopic (exact) mass is 432 g/mol. The number of nitrogens with zero attached hydrogens (tertiary/aromatic N) is 2. The summed E-state index contributed by atoms with van der Waals surface area (Å²) in [4.78, 5) is 26.6. The fourth-order valence-corrected chi connectivity index (χ4v) is 4.17. The molecule has 7 nitrogen and oxygen atoms in total. The van der Waals surface area contributed by atoms with E-state index in [0.29, 0.717) is 37.1 Å². The third kappa shape index (κ3) is 3.87. The van der Waals surface area contributed by atoms with Crippen molar-refractivity contribution >= 4 is 33.7 Å². The zero-order chi connectivity index (χ0) is 22.1. The molecule has 1 aliphatic rings. The first-order valence-electron chi connectivity index (χ1n) is 10.5. The quantitative estimate of drug-likeness (QED) is 0.461. The van der Waals surface area contributed by atoms with Crippen molar-refractivity contribution in [1.82, 2.24) is 20.9 Å². The first-order chi connectivity index (χ1) is 15.6. The smallest absolute Gasteiger partial charge is 0.336 e.